The molecule has 0 atom stereocenters. The smallest absolute Gasteiger partial charge is 0.225 e. The molecule has 0 aliphatic carbocycles. The summed E-state index contributed by atoms with van der Waals surface area (Å²) in [4.78, 5) is 8.02. The summed E-state index contributed by atoms with van der Waals surface area (Å²) in [6.07, 6.45) is 0. The monoisotopic (exact) mass is 244 g/mol. The fourth-order valence-corrected chi connectivity index (χ4v) is 1.65. The number of methoxy groups -OCH3 is 1. The lowest BCUT2D eigenvalue weighted by Gasteiger charge is -2.08. The number of aromatic nitrogens is 2. The second-order valence-corrected chi connectivity index (χ2v) is 4.00. The molecule has 18 heavy (non-hydrogen) atoms. The summed E-state index contributed by atoms with van der Waals surface area (Å²) in [6.45, 7) is 2.75. The maximum Gasteiger partial charge on any atom is 0.225 e. The minimum Gasteiger partial charge on any atom is -0.481 e. The molecule has 0 unspecified atom stereocenters. The Bertz CT molecular complexity index is 542. The Kier molecular flexibility index (Phi) is 3.62. The van der Waals surface area contributed by atoms with Gasteiger partial charge >= 0.3 is 0 Å². The summed E-state index contributed by atoms with van der Waals surface area (Å²) in [5.74, 6) is 1.30. The molecule has 1 aromatic heterocycles. The fourth-order valence-electron chi connectivity index (χ4n) is 1.65. The van der Waals surface area contributed by atoms with E-state index in [0.29, 0.717) is 18.2 Å². The molecule has 0 saturated heterocycles. The van der Waals surface area contributed by atoms with Gasteiger partial charge in [0.1, 0.15) is 5.82 Å². The van der Waals surface area contributed by atoms with Crippen LogP contribution in [0.3, 0.4) is 0 Å². The van der Waals surface area contributed by atoms with Crippen LogP contribution >= 0.6 is 0 Å². The highest BCUT2D eigenvalue weighted by molar-refractivity contribution is 5.43. The first-order chi connectivity index (χ1) is 8.67. The third kappa shape index (κ3) is 3.10. The highest BCUT2D eigenvalue weighted by Gasteiger charge is 2.02. The number of nitrogens with zero attached hydrogens (tertiary/aromatic N) is 2. The average molecular weight is 244 g/mol. The first kappa shape index (κ1) is 12.2. The topological polar surface area (TPSA) is 73.1 Å². The van der Waals surface area contributed by atoms with E-state index >= 15 is 0 Å². The van der Waals surface area contributed by atoms with Gasteiger partial charge < -0.3 is 15.8 Å². The van der Waals surface area contributed by atoms with E-state index in [0.717, 1.165) is 0 Å². The SMILES string of the molecule is COc1cc(NCc2cccc(C)c2)nc(N)n1. The predicted molar refractivity (Wildman–Crippen MR) is 71.5 cm³/mol. The molecule has 0 bridgehead atoms. The Balaban J connectivity index is 2.08. The summed E-state index contributed by atoms with van der Waals surface area (Å²) in [5, 5.41) is 3.19. The van der Waals surface area contributed by atoms with Crippen molar-refractivity contribution in [1.29, 1.82) is 0 Å². The number of ether oxygens (including phenoxy) is 1. The number of anilines is 2. The molecule has 1 aromatic carbocycles. The van der Waals surface area contributed by atoms with Crippen molar-refractivity contribution >= 4 is 11.8 Å². The van der Waals surface area contributed by atoms with Crippen LogP contribution in [0.2, 0.25) is 0 Å². The lowest BCUT2D eigenvalue weighted by atomic mass is 10.1. The number of nitrogens with two attached hydrogens (primary N) is 1. The molecule has 3 N–H and O–H groups in total. The van der Waals surface area contributed by atoms with E-state index in [1.807, 2.05) is 6.07 Å². The number of nitrogens with one attached hydrogen (secondary N) is 1. The summed E-state index contributed by atoms with van der Waals surface area (Å²) < 4.78 is 5.04. The molecular weight excluding hydrogens is 228 g/mol. The normalized spacial score (nSPS) is 10.1. The first-order valence-electron chi connectivity index (χ1n) is 5.65. The standard InChI is InChI=1S/C13H16N4O/c1-9-4-3-5-10(6-9)8-15-11-7-12(18-2)17-13(14)16-11/h3-7H,8H2,1-2H3,(H3,14,15,16,17). The zero-order valence-corrected chi connectivity index (χ0v) is 10.5. The van der Waals surface area contributed by atoms with Crippen molar-refractivity contribution in [3.8, 4) is 5.88 Å². The summed E-state index contributed by atoms with van der Waals surface area (Å²) in [6, 6.07) is 9.99. The van der Waals surface area contributed by atoms with Gasteiger partial charge in [-0.2, -0.15) is 9.97 Å². The largest absolute Gasteiger partial charge is 0.481 e. The molecule has 0 aliphatic rings. The van der Waals surface area contributed by atoms with Crippen molar-refractivity contribution in [2.75, 3.05) is 18.2 Å². The highest BCUT2D eigenvalue weighted by Crippen LogP contribution is 2.15. The summed E-state index contributed by atoms with van der Waals surface area (Å²) in [5.41, 5.74) is 8.00. The van der Waals surface area contributed by atoms with Gasteiger partial charge in [0, 0.05) is 12.6 Å². The molecule has 5 heteroatoms. The van der Waals surface area contributed by atoms with Crippen LogP contribution < -0.4 is 15.8 Å². The van der Waals surface area contributed by atoms with Gasteiger partial charge in [-0.3, -0.25) is 0 Å². The van der Waals surface area contributed by atoms with Gasteiger partial charge in [0.05, 0.1) is 7.11 Å². The Labute approximate surface area is 106 Å². The van der Waals surface area contributed by atoms with Crippen molar-refractivity contribution in [2.45, 2.75) is 13.5 Å². The number of nitrogen functional groups attached to an aromatic ring is 1. The number of benzene rings is 1. The fraction of sp³-hybridized carbons (Fsp3) is 0.231. The molecule has 1 heterocycles. The van der Waals surface area contributed by atoms with Crippen LogP contribution in [0.1, 0.15) is 11.1 Å². The van der Waals surface area contributed by atoms with E-state index in [1.165, 1.54) is 11.1 Å². The van der Waals surface area contributed by atoms with Crippen LogP contribution in [0, 0.1) is 6.92 Å². The second kappa shape index (κ2) is 5.35. The van der Waals surface area contributed by atoms with Gasteiger partial charge in [0.2, 0.25) is 11.8 Å². The number of hydrogen-bond acceptors (Lipinski definition) is 5. The lowest BCUT2D eigenvalue weighted by molar-refractivity contribution is 0.398. The van der Waals surface area contributed by atoms with Gasteiger partial charge in [-0.1, -0.05) is 29.8 Å². The van der Waals surface area contributed by atoms with Crippen LogP contribution in [0.4, 0.5) is 11.8 Å². The Morgan fingerprint density at radius 3 is 2.83 bits per heavy atom. The predicted octanol–water partition coefficient (Wildman–Crippen LogP) is 1.99. The molecule has 2 rings (SSSR count). The van der Waals surface area contributed by atoms with Gasteiger partial charge in [-0.25, -0.2) is 0 Å². The van der Waals surface area contributed by atoms with E-state index in [9.17, 15) is 0 Å². The number of hydrogen-bond donors (Lipinski definition) is 2. The van der Waals surface area contributed by atoms with Crippen LogP contribution in [0.25, 0.3) is 0 Å². The molecule has 0 aliphatic heterocycles. The van der Waals surface area contributed by atoms with Crippen molar-refractivity contribution in [1.82, 2.24) is 9.97 Å². The minimum absolute atomic E-state index is 0.195. The third-order valence-corrected chi connectivity index (χ3v) is 2.49. The van der Waals surface area contributed by atoms with Crippen LogP contribution in [0.5, 0.6) is 5.88 Å². The molecule has 5 nitrogen and oxygen atoms in total. The van der Waals surface area contributed by atoms with Gasteiger partial charge in [0.25, 0.3) is 0 Å². The average Bonchev–Trinajstić information content (AvgIpc) is 2.36. The minimum atomic E-state index is 0.195. The van der Waals surface area contributed by atoms with Crippen molar-refractivity contribution in [3.63, 3.8) is 0 Å². The summed E-state index contributed by atoms with van der Waals surface area (Å²) >= 11 is 0. The van der Waals surface area contributed by atoms with Gasteiger partial charge in [0.15, 0.2) is 0 Å². The zero-order chi connectivity index (χ0) is 13.0. The van der Waals surface area contributed by atoms with Gasteiger partial charge in [-0.05, 0) is 12.5 Å². The number of aryl methyl sites for hydroxylation is 1. The van der Waals surface area contributed by atoms with Crippen molar-refractivity contribution < 1.29 is 4.74 Å². The lowest BCUT2D eigenvalue weighted by Crippen LogP contribution is -2.05. The molecule has 94 valence electrons. The maximum atomic E-state index is 5.59. The van der Waals surface area contributed by atoms with E-state index in [4.69, 9.17) is 10.5 Å². The molecule has 0 radical (unpaired) electrons. The van der Waals surface area contributed by atoms with Gasteiger partial charge in [-0.15, -0.1) is 0 Å². The highest BCUT2D eigenvalue weighted by atomic mass is 16.5. The Hall–Kier alpha value is -2.30. The van der Waals surface area contributed by atoms with E-state index in [-0.39, 0.29) is 5.95 Å². The molecule has 0 spiro atoms. The third-order valence-electron chi connectivity index (χ3n) is 2.49. The molecule has 0 fully saturated rings. The Morgan fingerprint density at radius 2 is 2.11 bits per heavy atom. The van der Waals surface area contributed by atoms with Crippen LogP contribution in [-0.4, -0.2) is 17.1 Å². The van der Waals surface area contributed by atoms with Crippen molar-refractivity contribution in [3.05, 3.63) is 41.5 Å². The van der Waals surface area contributed by atoms with Crippen molar-refractivity contribution in [2.24, 2.45) is 0 Å². The maximum absolute atomic E-state index is 5.59. The second-order valence-electron chi connectivity index (χ2n) is 4.00. The zero-order valence-electron chi connectivity index (χ0n) is 10.5. The Morgan fingerprint density at radius 1 is 1.28 bits per heavy atom. The van der Waals surface area contributed by atoms with E-state index in [2.05, 4.69) is 40.4 Å². The van der Waals surface area contributed by atoms with E-state index < -0.39 is 0 Å². The summed E-state index contributed by atoms with van der Waals surface area (Å²) in [7, 11) is 1.55. The molecule has 2 aromatic rings. The molecule has 0 saturated carbocycles. The number of rotatable bonds is 4. The van der Waals surface area contributed by atoms with Crippen LogP contribution in [-0.2, 0) is 6.54 Å². The molecule has 0 amide bonds. The quantitative estimate of drug-likeness (QED) is 0.860. The van der Waals surface area contributed by atoms with E-state index in [1.54, 1.807) is 13.2 Å². The first-order valence-corrected chi connectivity index (χ1v) is 5.65. The molecular formula is C13H16N4O. The van der Waals surface area contributed by atoms with Crippen LogP contribution in [0.15, 0.2) is 30.3 Å².